The van der Waals surface area contributed by atoms with E-state index in [9.17, 15) is 4.79 Å². The SMILES string of the molecule is CCOC(=O)C[C@@H](N)c1ccc(OC(C)C)cc1. The smallest absolute Gasteiger partial charge is 0.307 e. The van der Waals surface area contributed by atoms with Crippen LogP contribution < -0.4 is 10.5 Å². The van der Waals surface area contributed by atoms with Gasteiger partial charge in [0, 0.05) is 6.04 Å². The van der Waals surface area contributed by atoms with E-state index in [2.05, 4.69) is 0 Å². The summed E-state index contributed by atoms with van der Waals surface area (Å²) in [6.45, 7) is 6.11. The van der Waals surface area contributed by atoms with Gasteiger partial charge in [0.25, 0.3) is 0 Å². The fourth-order valence-electron chi connectivity index (χ4n) is 1.58. The summed E-state index contributed by atoms with van der Waals surface area (Å²) < 4.78 is 10.4. The molecule has 0 aliphatic rings. The highest BCUT2D eigenvalue weighted by molar-refractivity contribution is 5.70. The van der Waals surface area contributed by atoms with E-state index in [1.54, 1.807) is 6.92 Å². The fraction of sp³-hybridized carbons (Fsp3) is 0.500. The number of hydrogen-bond donors (Lipinski definition) is 1. The Morgan fingerprint density at radius 3 is 2.39 bits per heavy atom. The minimum atomic E-state index is -0.336. The molecule has 0 aromatic heterocycles. The zero-order valence-electron chi connectivity index (χ0n) is 11.2. The van der Waals surface area contributed by atoms with Crippen LogP contribution in [0.5, 0.6) is 5.75 Å². The van der Waals surface area contributed by atoms with E-state index in [-0.39, 0.29) is 24.5 Å². The van der Waals surface area contributed by atoms with Crippen LogP contribution in [0.3, 0.4) is 0 Å². The highest BCUT2D eigenvalue weighted by atomic mass is 16.5. The van der Waals surface area contributed by atoms with Gasteiger partial charge in [-0.2, -0.15) is 0 Å². The lowest BCUT2D eigenvalue weighted by molar-refractivity contribution is -0.143. The molecule has 4 heteroatoms. The second kappa shape index (κ2) is 7.01. The second-order valence-corrected chi connectivity index (χ2v) is 4.35. The van der Waals surface area contributed by atoms with Crippen molar-refractivity contribution in [2.75, 3.05) is 6.61 Å². The van der Waals surface area contributed by atoms with Crippen molar-refractivity contribution in [3.05, 3.63) is 29.8 Å². The van der Waals surface area contributed by atoms with Crippen LogP contribution in [0.2, 0.25) is 0 Å². The number of nitrogens with two attached hydrogens (primary N) is 1. The third-order valence-electron chi connectivity index (χ3n) is 2.37. The van der Waals surface area contributed by atoms with Crippen molar-refractivity contribution in [2.24, 2.45) is 5.73 Å². The molecule has 0 amide bonds. The molecule has 0 unspecified atom stereocenters. The molecule has 1 aromatic rings. The summed E-state index contributed by atoms with van der Waals surface area (Å²) in [5, 5.41) is 0. The lowest BCUT2D eigenvalue weighted by atomic mass is 10.0. The van der Waals surface area contributed by atoms with Crippen LogP contribution in [-0.2, 0) is 9.53 Å². The molecule has 18 heavy (non-hydrogen) atoms. The van der Waals surface area contributed by atoms with Gasteiger partial charge in [-0.25, -0.2) is 0 Å². The molecule has 1 aromatic carbocycles. The van der Waals surface area contributed by atoms with E-state index >= 15 is 0 Å². The molecular formula is C14H21NO3. The summed E-state index contributed by atoms with van der Waals surface area (Å²) in [5.41, 5.74) is 6.84. The molecule has 0 saturated heterocycles. The number of esters is 1. The maximum absolute atomic E-state index is 11.3. The van der Waals surface area contributed by atoms with Gasteiger partial charge in [-0.15, -0.1) is 0 Å². The highest BCUT2D eigenvalue weighted by Crippen LogP contribution is 2.19. The summed E-state index contributed by atoms with van der Waals surface area (Å²) in [4.78, 5) is 11.3. The Morgan fingerprint density at radius 1 is 1.28 bits per heavy atom. The van der Waals surface area contributed by atoms with Gasteiger partial charge in [-0.05, 0) is 38.5 Å². The van der Waals surface area contributed by atoms with Crippen molar-refractivity contribution < 1.29 is 14.3 Å². The Labute approximate surface area is 108 Å². The van der Waals surface area contributed by atoms with Gasteiger partial charge < -0.3 is 15.2 Å². The average Bonchev–Trinajstić information content (AvgIpc) is 2.29. The van der Waals surface area contributed by atoms with Crippen LogP contribution in [0.4, 0.5) is 0 Å². The molecule has 0 spiro atoms. The first kappa shape index (κ1) is 14.5. The van der Waals surface area contributed by atoms with Gasteiger partial charge in [0.1, 0.15) is 5.75 Å². The minimum absolute atomic E-state index is 0.143. The summed E-state index contributed by atoms with van der Waals surface area (Å²) in [5.74, 6) is 0.532. The van der Waals surface area contributed by atoms with Crippen molar-refractivity contribution in [3.8, 4) is 5.75 Å². The summed E-state index contributed by atoms with van der Waals surface area (Å²) in [6.07, 6.45) is 0.335. The number of rotatable bonds is 6. The van der Waals surface area contributed by atoms with E-state index in [1.165, 1.54) is 0 Å². The molecule has 4 nitrogen and oxygen atoms in total. The molecular weight excluding hydrogens is 230 g/mol. The van der Waals surface area contributed by atoms with Crippen molar-refractivity contribution in [1.82, 2.24) is 0 Å². The van der Waals surface area contributed by atoms with Gasteiger partial charge in [-0.1, -0.05) is 12.1 Å². The molecule has 1 rings (SSSR count). The van der Waals surface area contributed by atoms with Crippen molar-refractivity contribution >= 4 is 5.97 Å². The van der Waals surface area contributed by atoms with E-state index in [0.29, 0.717) is 6.61 Å². The molecule has 100 valence electrons. The number of carbonyl (C=O) groups is 1. The largest absolute Gasteiger partial charge is 0.491 e. The first-order chi connectivity index (χ1) is 8.52. The summed E-state index contributed by atoms with van der Waals surface area (Å²) in [7, 11) is 0. The van der Waals surface area contributed by atoms with Crippen LogP contribution in [0.1, 0.15) is 38.8 Å². The molecule has 0 fully saturated rings. The highest BCUT2D eigenvalue weighted by Gasteiger charge is 2.12. The predicted octanol–water partition coefficient (Wildman–Crippen LogP) is 2.43. The number of carbonyl (C=O) groups excluding carboxylic acids is 1. The van der Waals surface area contributed by atoms with E-state index in [0.717, 1.165) is 11.3 Å². The molecule has 0 aliphatic heterocycles. The van der Waals surface area contributed by atoms with Gasteiger partial charge in [0.05, 0.1) is 19.1 Å². The maximum Gasteiger partial charge on any atom is 0.307 e. The predicted molar refractivity (Wildman–Crippen MR) is 70.4 cm³/mol. The monoisotopic (exact) mass is 251 g/mol. The van der Waals surface area contributed by atoms with Crippen molar-refractivity contribution in [2.45, 2.75) is 39.3 Å². The minimum Gasteiger partial charge on any atom is -0.491 e. The van der Waals surface area contributed by atoms with Crippen LogP contribution in [0.15, 0.2) is 24.3 Å². The van der Waals surface area contributed by atoms with Crippen molar-refractivity contribution in [3.63, 3.8) is 0 Å². The normalized spacial score (nSPS) is 12.3. The Bertz CT molecular complexity index is 373. The topological polar surface area (TPSA) is 61.5 Å². The summed E-state index contributed by atoms with van der Waals surface area (Å²) in [6, 6.07) is 7.14. The zero-order chi connectivity index (χ0) is 13.5. The Balaban J connectivity index is 2.58. The number of hydrogen-bond acceptors (Lipinski definition) is 4. The van der Waals surface area contributed by atoms with E-state index < -0.39 is 0 Å². The fourth-order valence-corrected chi connectivity index (χ4v) is 1.58. The van der Waals surface area contributed by atoms with Crippen LogP contribution in [0, 0.1) is 0 Å². The second-order valence-electron chi connectivity index (χ2n) is 4.35. The molecule has 1 atom stereocenters. The first-order valence-electron chi connectivity index (χ1n) is 6.20. The van der Waals surface area contributed by atoms with E-state index in [1.807, 2.05) is 38.1 Å². The number of benzene rings is 1. The maximum atomic E-state index is 11.3. The first-order valence-corrected chi connectivity index (χ1v) is 6.20. The Morgan fingerprint density at radius 2 is 1.89 bits per heavy atom. The molecule has 2 N–H and O–H groups in total. The molecule has 0 bridgehead atoms. The van der Waals surface area contributed by atoms with Crippen LogP contribution in [-0.4, -0.2) is 18.7 Å². The van der Waals surface area contributed by atoms with Gasteiger partial charge >= 0.3 is 5.97 Å². The molecule has 0 heterocycles. The third kappa shape index (κ3) is 4.75. The van der Waals surface area contributed by atoms with E-state index in [4.69, 9.17) is 15.2 Å². The lowest BCUT2D eigenvalue weighted by Crippen LogP contribution is -2.17. The average molecular weight is 251 g/mol. The van der Waals surface area contributed by atoms with Crippen molar-refractivity contribution in [1.29, 1.82) is 0 Å². The summed E-state index contributed by atoms with van der Waals surface area (Å²) >= 11 is 0. The van der Waals surface area contributed by atoms with Gasteiger partial charge in [0.2, 0.25) is 0 Å². The van der Waals surface area contributed by atoms with Crippen LogP contribution in [0.25, 0.3) is 0 Å². The quantitative estimate of drug-likeness (QED) is 0.789. The standard InChI is InChI=1S/C14H21NO3/c1-4-17-14(16)9-13(15)11-5-7-12(8-6-11)18-10(2)3/h5-8,10,13H,4,9,15H2,1-3H3/t13-/m1/s1. The molecule has 0 aliphatic carbocycles. The molecule has 0 radical (unpaired) electrons. The van der Waals surface area contributed by atoms with Gasteiger partial charge in [-0.3, -0.25) is 4.79 Å². The lowest BCUT2D eigenvalue weighted by Gasteiger charge is -2.13. The Hall–Kier alpha value is -1.55. The third-order valence-corrected chi connectivity index (χ3v) is 2.37. The number of ether oxygens (including phenoxy) is 2. The van der Waals surface area contributed by atoms with Crippen LogP contribution >= 0.6 is 0 Å². The zero-order valence-corrected chi connectivity index (χ0v) is 11.2. The molecule has 0 saturated carbocycles. The van der Waals surface area contributed by atoms with Gasteiger partial charge in [0.15, 0.2) is 0 Å². The Kier molecular flexibility index (Phi) is 5.65.